The Labute approximate surface area is 131 Å². The Kier molecular flexibility index (Phi) is 3.77. The minimum atomic E-state index is 0.116. The number of carbonyl (C=O) groups excluding carboxylic acids is 1. The number of anilines is 1. The van der Waals surface area contributed by atoms with Crippen LogP contribution >= 0.6 is 0 Å². The molecule has 1 amide bonds. The fourth-order valence-electron chi connectivity index (χ4n) is 2.42. The van der Waals surface area contributed by atoms with Crippen molar-refractivity contribution < 1.29 is 4.79 Å². The van der Waals surface area contributed by atoms with Gasteiger partial charge in [0.1, 0.15) is 5.82 Å². The largest absolute Gasteiger partial charge is 0.311 e. The molecule has 0 atom stereocenters. The summed E-state index contributed by atoms with van der Waals surface area (Å²) in [4.78, 5) is 11.9. The van der Waals surface area contributed by atoms with Gasteiger partial charge in [-0.05, 0) is 29.4 Å². The fourth-order valence-corrected chi connectivity index (χ4v) is 2.42. The van der Waals surface area contributed by atoms with Crippen molar-refractivity contribution in [2.24, 2.45) is 5.92 Å². The molecule has 1 fully saturated rings. The number of carbonyl (C=O) groups is 1. The number of benzene rings is 1. The lowest BCUT2D eigenvalue weighted by Gasteiger charge is -2.19. The number of hydrogen-bond acceptors (Lipinski definition) is 2. The molecular formula is C18H23N3O. The second kappa shape index (κ2) is 5.59. The van der Waals surface area contributed by atoms with E-state index in [9.17, 15) is 4.79 Å². The van der Waals surface area contributed by atoms with Gasteiger partial charge in [-0.25, -0.2) is 4.68 Å². The summed E-state index contributed by atoms with van der Waals surface area (Å²) in [6.45, 7) is 7.29. The lowest BCUT2D eigenvalue weighted by Crippen LogP contribution is -2.17. The average molecular weight is 297 g/mol. The lowest BCUT2D eigenvalue weighted by atomic mass is 9.87. The molecule has 1 N–H and O–H groups in total. The molecule has 0 unspecified atom stereocenters. The molecule has 0 radical (unpaired) electrons. The predicted octanol–water partition coefficient (Wildman–Crippen LogP) is 3.58. The average Bonchev–Trinajstić information content (AvgIpc) is 3.23. The van der Waals surface area contributed by atoms with Crippen molar-refractivity contribution in [3.63, 3.8) is 0 Å². The quantitative estimate of drug-likeness (QED) is 0.937. The zero-order valence-corrected chi connectivity index (χ0v) is 13.5. The Morgan fingerprint density at radius 3 is 2.50 bits per heavy atom. The number of nitrogens with zero attached hydrogens (tertiary/aromatic N) is 2. The van der Waals surface area contributed by atoms with Crippen molar-refractivity contribution in [2.45, 2.75) is 45.6 Å². The summed E-state index contributed by atoms with van der Waals surface area (Å²) in [5.74, 6) is 1.09. The summed E-state index contributed by atoms with van der Waals surface area (Å²) in [5, 5.41) is 7.29. The Hall–Kier alpha value is -2.10. The molecule has 1 aromatic heterocycles. The molecule has 0 bridgehead atoms. The number of nitrogens with one attached hydrogen (secondary N) is 1. The van der Waals surface area contributed by atoms with Gasteiger partial charge in [-0.2, -0.15) is 5.10 Å². The number of aromatic nitrogens is 2. The Balaban J connectivity index is 1.70. The normalized spacial score (nSPS) is 14.9. The van der Waals surface area contributed by atoms with Gasteiger partial charge in [0.25, 0.3) is 0 Å². The van der Waals surface area contributed by atoms with Crippen LogP contribution in [-0.4, -0.2) is 15.7 Å². The highest BCUT2D eigenvalue weighted by Crippen LogP contribution is 2.30. The van der Waals surface area contributed by atoms with Crippen molar-refractivity contribution >= 4 is 11.7 Å². The molecule has 1 saturated carbocycles. The maximum absolute atomic E-state index is 11.9. The van der Waals surface area contributed by atoms with E-state index in [0.717, 1.165) is 18.7 Å². The molecule has 22 heavy (non-hydrogen) atoms. The van der Waals surface area contributed by atoms with Crippen LogP contribution in [0.4, 0.5) is 5.82 Å². The van der Waals surface area contributed by atoms with Crippen LogP contribution in [0.3, 0.4) is 0 Å². The van der Waals surface area contributed by atoms with E-state index in [2.05, 4.69) is 55.5 Å². The topological polar surface area (TPSA) is 46.9 Å². The molecule has 1 aliphatic rings. The van der Waals surface area contributed by atoms with Crippen LogP contribution < -0.4 is 5.32 Å². The summed E-state index contributed by atoms with van der Waals surface area (Å²) in [6.07, 6.45) is 3.74. The van der Waals surface area contributed by atoms with Crippen molar-refractivity contribution in [2.75, 3.05) is 5.32 Å². The first-order valence-corrected chi connectivity index (χ1v) is 7.85. The molecule has 0 spiro atoms. The van der Waals surface area contributed by atoms with Crippen molar-refractivity contribution in [1.29, 1.82) is 0 Å². The molecular weight excluding hydrogens is 274 g/mol. The van der Waals surface area contributed by atoms with Gasteiger partial charge in [0.15, 0.2) is 0 Å². The molecule has 1 aliphatic carbocycles. The number of hydrogen-bond donors (Lipinski definition) is 1. The van der Waals surface area contributed by atoms with Gasteiger partial charge in [-0.3, -0.25) is 4.79 Å². The predicted molar refractivity (Wildman–Crippen MR) is 87.8 cm³/mol. The van der Waals surface area contributed by atoms with Crippen molar-refractivity contribution in [3.05, 3.63) is 47.7 Å². The van der Waals surface area contributed by atoms with E-state index in [1.807, 2.05) is 10.7 Å². The summed E-state index contributed by atoms with van der Waals surface area (Å²) in [5.41, 5.74) is 2.66. The van der Waals surface area contributed by atoms with Crippen LogP contribution in [0.1, 0.15) is 44.7 Å². The van der Waals surface area contributed by atoms with Crippen molar-refractivity contribution in [1.82, 2.24) is 9.78 Å². The highest BCUT2D eigenvalue weighted by Gasteiger charge is 2.30. The minimum Gasteiger partial charge on any atom is -0.311 e. The SMILES string of the molecule is CC(C)(C)c1ccc(Cn2nccc2NC(=O)C2CC2)cc1. The lowest BCUT2D eigenvalue weighted by molar-refractivity contribution is -0.117. The summed E-state index contributed by atoms with van der Waals surface area (Å²) >= 11 is 0. The first-order chi connectivity index (χ1) is 10.4. The maximum atomic E-state index is 11.9. The highest BCUT2D eigenvalue weighted by atomic mass is 16.2. The number of amides is 1. The molecule has 1 heterocycles. The van der Waals surface area contributed by atoms with Gasteiger partial charge in [-0.1, -0.05) is 45.0 Å². The standard InChI is InChI=1S/C18H23N3O/c1-18(2,3)15-8-4-13(5-9-15)12-21-16(10-11-19-21)20-17(22)14-6-7-14/h4-5,8-11,14H,6-7,12H2,1-3H3,(H,20,22). The van der Waals surface area contributed by atoms with E-state index in [1.165, 1.54) is 11.1 Å². The first-order valence-electron chi connectivity index (χ1n) is 7.85. The third-order valence-electron chi connectivity index (χ3n) is 4.07. The zero-order chi connectivity index (χ0) is 15.7. The van der Waals surface area contributed by atoms with E-state index >= 15 is 0 Å². The second-order valence-corrected chi connectivity index (χ2v) is 7.08. The van der Waals surface area contributed by atoms with Crippen LogP contribution in [0.5, 0.6) is 0 Å². The number of rotatable bonds is 4. The highest BCUT2D eigenvalue weighted by molar-refractivity contribution is 5.93. The van der Waals surface area contributed by atoms with E-state index in [-0.39, 0.29) is 17.2 Å². The van der Waals surface area contributed by atoms with Crippen LogP contribution in [0.25, 0.3) is 0 Å². The van der Waals surface area contributed by atoms with Gasteiger partial charge in [-0.15, -0.1) is 0 Å². The van der Waals surface area contributed by atoms with Crippen molar-refractivity contribution in [3.8, 4) is 0 Å². The zero-order valence-electron chi connectivity index (χ0n) is 13.5. The summed E-state index contributed by atoms with van der Waals surface area (Å²) < 4.78 is 1.84. The molecule has 0 saturated heterocycles. The fraction of sp³-hybridized carbons (Fsp3) is 0.444. The molecule has 1 aromatic carbocycles. The third-order valence-corrected chi connectivity index (χ3v) is 4.07. The van der Waals surface area contributed by atoms with Crippen LogP contribution in [0.2, 0.25) is 0 Å². The van der Waals surface area contributed by atoms with Gasteiger partial charge in [0, 0.05) is 12.0 Å². The second-order valence-electron chi connectivity index (χ2n) is 7.08. The van der Waals surface area contributed by atoms with E-state index in [4.69, 9.17) is 0 Å². The van der Waals surface area contributed by atoms with E-state index < -0.39 is 0 Å². The molecule has 3 rings (SSSR count). The minimum absolute atomic E-state index is 0.116. The van der Waals surface area contributed by atoms with E-state index in [1.54, 1.807) is 6.20 Å². The van der Waals surface area contributed by atoms with Gasteiger partial charge in [0.2, 0.25) is 5.91 Å². The first kappa shape index (κ1) is 14.8. The molecule has 4 heteroatoms. The Morgan fingerprint density at radius 2 is 1.91 bits per heavy atom. The summed E-state index contributed by atoms with van der Waals surface area (Å²) in [6, 6.07) is 10.5. The summed E-state index contributed by atoms with van der Waals surface area (Å²) in [7, 11) is 0. The Bertz CT molecular complexity index is 660. The van der Waals surface area contributed by atoms with Gasteiger partial charge >= 0.3 is 0 Å². The smallest absolute Gasteiger partial charge is 0.228 e. The molecule has 0 aliphatic heterocycles. The monoisotopic (exact) mass is 297 g/mol. The van der Waals surface area contributed by atoms with Crippen LogP contribution in [0.15, 0.2) is 36.5 Å². The van der Waals surface area contributed by atoms with Gasteiger partial charge < -0.3 is 5.32 Å². The maximum Gasteiger partial charge on any atom is 0.228 e. The molecule has 2 aromatic rings. The van der Waals surface area contributed by atoms with E-state index in [0.29, 0.717) is 6.54 Å². The third kappa shape index (κ3) is 3.38. The van der Waals surface area contributed by atoms with Crippen LogP contribution in [-0.2, 0) is 16.8 Å². The Morgan fingerprint density at radius 1 is 1.23 bits per heavy atom. The molecule has 116 valence electrons. The van der Waals surface area contributed by atoms with Gasteiger partial charge in [0.05, 0.1) is 12.7 Å². The van der Waals surface area contributed by atoms with Crippen LogP contribution in [0, 0.1) is 5.92 Å². The molecule has 4 nitrogen and oxygen atoms in total.